The van der Waals surface area contributed by atoms with Gasteiger partial charge in [0.1, 0.15) is 0 Å². The van der Waals surface area contributed by atoms with Gasteiger partial charge >= 0.3 is 5.97 Å². The third kappa shape index (κ3) is 2.58. The number of carbonyl (C=O) groups is 2. The zero-order valence-electron chi connectivity index (χ0n) is 10.0. The molecule has 7 nitrogen and oxygen atoms in total. The van der Waals surface area contributed by atoms with E-state index >= 15 is 0 Å². The van der Waals surface area contributed by atoms with Crippen molar-refractivity contribution in [2.45, 2.75) is 18.8 Å². The van der Waals surface area contributed by atoms with Crippen molar-refractivity contribution in [1.29, 1.82) is 0 Å². The summed E-state index contributed by atoms with van der Waals surface area (Å²) in [4.78, 5) is 24.4. The van der Waals surface area contributed by atoms with E-state index in [1.54, 1.807) is 6.92 Å². The Hall–Kier alpha value is -1.70. The van der Waals surface area contributed by atoms with Crippen LogP contribution in [0.4, 0.5) is 0 Å². The van der Waals surface area contributed by atoms with Crippen LogP contribution in [0.3, 0.4) is 0 Å². The van der Waals surface area contributed by atoms with Crippen molar-refractivity contribution in [1.82, 2.24) is 4.98 Å². The Bertz CT molecular complexity index is 429. The Kier molecular flexibility index (Phi) is 4.60. The molecule has 100 valence electrons. The molecule has 0 aliphatic rings. The van der Waals surface area contributed by atoms with Gasteiger partial charge in [0.25, 0.3) is 0 Å². The summed E-state index contributed by atoms with van der Waals surface area (Å²) in [6.45, 7) is 1.62. The average Bonchev–Trinajstić information content (AvgIpc) is 2.86. The minimum Gasteiger partial charge on any atom is -0.467 e. The van der Waals surface area contributed by atoms with Crippen molar-refractivity contribution in [2.75, 3.05) is 13.7 Å². The number of hydrogen-bond donors (Lipinski definition) is 3. The molecule has 2 unspecified atom stereocenters. The first-order valence-corrected chi connectivity index (χ1v) is 5.25. The zero-order valence-corrected chi connectivity index (χ0v) is 10.0. The molecule has 3 N–H and O–H groups in total. The monoisotopic (exact) mass is 257 g/mol. The highest BCUT2D eigenvalue weighted by Gasteiger charge is 2.45. The van der Waals surface area contributed by atoms with E-state index < -0.39 is 17.9 Å². The SMILES string of the molecule is CCOC(O)(c1cc(C=O)c[nH]1)C(O)C(=O)OC. The molecule has 0 aromatic carbocycles. The maximum absolute atomic E-state index is 11.3. The van der Waals surface area contributed by atoms with Gasteiger partial charge in [-0.2, -0.15) is 0 Å². The van der Waals surface area contributed by atoms with Gasteiger partial charge in [0.15, 0.2) is 6.29 Å². The molecule has 2 atom stereocenters. The Morgan fingerprint density at radius 3 is 2.78 bits per heavy atom. The largest absolute Gasteiger partial charge is 0.467 e. The average molecular weight is 257 g/mol. The molecular weight excluding hydrogens is 242 g/mol. The molecule has 0 fully saturated rings. The fraction of sp³-hybridized carbons (Fsp3) is 0.455. The Morgan fingerprint density at radius 2 is 2.33 bits per heavy atom. The number of H-pyrrole nitrogens is 1. The highest BCUT2D eigenvalue weighted by atomic mass is 16.6. The predicted molar refractivity (Wildman–Crippen MR) is 59.7 cm³/mol. The Morgan fingerprint density at radius 1 is 1.67 bits per heavy atom. The van der Waals surface area contributed by atoms with Crippen LogP contribution in [0, 0.1) is 0 Å². The van der Waals surface area contributed by atoms with Gasteiger partial charge in [-0.25, -0.2) is 4.79 Å². The van der Waals surface area contributed by atoms with E-state index in [0.717, 1.165) is 7.11 Å². The molecule has 0 radical (unpaired) electrons. The summed E-state index contributed by atoms with van der Waals surface area (Å²) in [5.41, 5.74) is 0.240. The fourth-order valence-corrected chi connectivity index (χ4v) is 1.48. The molecule has 0 amide bonds. The minimum atomic E-state index is -2.29. The normalized spacial score (nSPS) is 15.8. The second-order valence-electron chi connectivity index (χ2n) is 3.52. The number of ether oxygens (including phenoxy) is 2. The summed E-state index contributed by atoms with van der Waals surface area (Å²) in [6.07, 6.45) is -0.0617. The van der Waals surface area contributed by atoms with Gasteiger partial charge in [-0.1, -0.05) is 0 Å². The summed E-state index contributed by atoms with van der Waals surface area (Å²) in [7, 11) is 1.07. The summed E-state index contributed by atoms with van der Waals surface area (Å²) in [5, 5.41) is 20.0. The van der Waals surface area contributed by atoms with Crippen molar-refractivity contribution < 1.29 is 29.3 Å². The van der Waals surface area contributed by atoms with E-state index in [4.69, 9.17) is 4.74 Å². The topological polar surface area (TPSA) is 109 Å². The summed E-state index contributed by atoms with van der Waals surface area (Å²) in [6, 6.07) is 1.27. The lowest BCUT2D eigenvalue weighted by Gasteiger charge is -2.29. The van der Waals surface area contributed by atoms with Gasteiger partial charge in [0.2, 0.25) is 11.9 Å². The molecule has 0 aliphatic heterocycles. The quantitative estimate of drug-likeness (QED) is 0.361. The molecule has 7 heteroatoms. The minimum absolute atomic E-state index is 0.00986. The van der Waals surface area contributed by atoms with Crippen molar-refractivity contribution in [3.05, 3.63) is 23.5 Å². The van der Waals surface area contributed by atoms with Gasteiger partial charge in [0.05, 0.1) is 12.8 Å². The molecule has 0 spiro atoms. The second-order valence-corrected chi connectivity index (χ2v) is 3.52. The van der Waals surface area contributed by atoms with Crippen LogP contribution in [0.5, 0.6) is 0 Å². The smallest absolute Gasteiger partial charge is 0.340 e. The number of aliphatic hydroxyl groups excluding tert-OH is 1. The molecule has 1 rings (SSSR count). The lowest BCUT2D eigenvalue weighted by molar-refractivity contribution is -0.266. The fourth-order valence-electron chi connectivity index (χ4n) is 1.48. The van der Waals surface area contributed by atoms with Gasteiger partial charge in [0, 0.05) is 18.4 Å². The zero-order chi connectivity index (χ0) is 13.8. The number of esters is 1. The molecule has 0 saturated carbocycles. The van der Waals surface area contributed by atoms with E-state index in [0.29, 0.717) is 6.29 Å². The molecule has 0 aliphatic carbocycles. The third-order valence-corrected chi connectivity index (χ3v) is 2.39. The molecule has 18 heavy (non-hydrogen) atoms. The number of aliphatic hydroxyl groups is 2. The van der Waals surface area contributed by atoms with Gasteiger partial charge in [-0.15, -0.1) is 0 Å². The number of nitrogens with one attached hydrogen (secondary N) is 1. The predicted octanol–water partition coefficient (Wildman–Crippen LogP) is -0.457. The van der Waals surface area contributed by atoms with Crippen molar-refractivity contribution in [3.63, 3.8) is 0 Å². The summed E-state index contributed by atoms with van der Waals surface area (Å²) in [5.74, 6) is -3.34. The van der Waals surface area contributed by atoms with Gasteiger partial charge in [-0.3, -0.25) is 4.79 Å². The number of methoxy groups -OCH3 is 1. The van der Waals surface area contributed by atoms with Crippen LogP contribution in [-0.2, 0) is 20.1 Å². The molecule has 1 aromatic heterocycles. The molecule has 1 heterocycles. The highest BCUT2D eigenvalue weighted by Crippen LogP contribution is 2.27. The van der Waals surface area contributed by atoms with E-state index in [1.165, 1.54) is 12.3 Å². The molecule has 0 saturated heterocycles. The lowest BCUT2D eigenvalue weighted by atomic mass is 10.1. The summed E-state index contributed by atoms with van der Waals surface area (Å²) >= 11 is 0. The van der Waals surface area contributed by atoms with Crippen molar-refractivity contribution in [3.8, 4) is 0 Å². The van der Waals surface area contributed by atoms with E-state index in [9.17, 15) is 19.8 Å². The van der Waals surface area contributed by atoms with Crippen LogP contribution in [0.15, 0.2) is 12.3 Å². The highest BCUT2D eigenvalue weighted by molar-refractivity contribution is 5.77. The van der Waals surface area contributed by atoms with E-state index in [-0.39, 0.29) is 17.9 Å². The van der Waals surface area contributed by atoms with E-state index in [1.807, 2.05) is 0 Å². The van der Waals surface area contributed by atoms with Crippen LogP contribution in [0.25, 0.3) is 0 Å². The number of aromatic nitrogens is 1. The summed E-state index contributed by atoms with van der Waals surface area (Å²) < 4.78 is 9.36. The van der Waals surface area contributed by atoms with Crippen LogP contribution >= 0.6 is 0 Å². The van der Waals surface area contributed by atoms with Crippen LogP contribution in [0.2, 0.25) is 0 Å². The van der Waals surface area contributed by atoms with Crippen LogP contribution in [0.1, 0.15) is 23.0 Å². The number of aldehydes is 1. The number of aromatic amines is 1. The first-order valence-electron chi connectivity index (χ1n) is 5.25. The van der Waals surface area contributed by atoms with Crippen LogP contribution in [-0.4, -0.2) is 47.3 Å². The van der Waals surface area contributed by atoms with Crippen molar-refractivity contribution in [2.24, 2.45) is 0 Å². The Labute approximate surface area is 103 Å². The maximum Gasteiger partial charge on any atom is 0.340 e. The first-order chi connectivity index (χ1) is 8.49. The number of rotatable bonds is 6. The lowest BCUT2D eigenvalue weighted by Crippen LogP contribution is -2.47. The maximum atomic E-state index is 11.3. The Balaban J connectivity index is 3.12. The molecular formula is C11H15NO6. The first kappa shape index (κ1) is 14.4. The second kappa shape index (κ2) is 5.76. The molecule has 1 aromatic rings. The van der Waals surface area contributed by atoms with E-state index in [2.05, 4.69) is 9.72 Å². The standard InChI is InChI=1S/C11H15NO6/c1-3-18-11(16,9(14)10(15)17-2)8-4-7(6-13)5-12-8/h4-6,9,12,14,16H,3H2,1-2H3. The number of hydrogen-bond acceptors (Lipinski definition) is 6. The van der Waals surface area contributed by atoms with Crippen LogP contribution < -0.4 is 0 Å². The van der Waals surface area contributed by atoms with Gasteiger partial charge < -0.3 is 24.7 Å². The molecule has 0 bridgehead atoms. The van der Waals surface area contributed by atoms with Gasteiger partial charge in [-0.05, 0) is 13.0 Å². The van der Waals surface area contributed by atoms with Crippen molar-refractivity contribution >= 4 is 12.3 Å². The number of carbonyl (C=O) groups excluding carboxylic acids is 2. The third-order valence-electron chi connectivity index (χ3n) is 2.39.